The highest BCUT2D eigenvalue weighted by molar-refractivity contribution is 7.92. The number of benzene rings is 2. The van der Waals surface area contributed by atoms with E-state index in [4.69, 9.17) is 0 Å². The summed E-state index contributed by atoms with van der Waals surface area (Å²) in [5.41, 5.74) is 5.83. The average molecular weight is 422 g/mol. The van der Waals surface area contributed by atoms with Crippen molar-refractivity contribution in [2.24, 2.45) is 0 Å². The number of aryl methyl sites for hydroxylation is 1. The second kappa shape index (κ2) is 8.11. The van der Waals surface area contributed by atoms with E-state index in [1.54, 1.807) is 12.1 Å². The van der Waals surface area contributed by atoms with Gasteiger partial charge in [0.15, 0.2) is 0 Å². The molecule has 0 aromatic heterocycles. The van der Waals surface area contributed by atoms with Crippen LogP contribution in [0.4, 0.5) is 5.69 Å². The van der Waals surface area contributed by atoms with Gasteiger partial charge in [0.05, 0.1) is 11.9 Å². The van der Waals surface area contributed by atoms with Gasteiger partial charge in [-0.15, -0.1) is 12.4 Å². The zero-order chi connectivity index (χ0) is 19.0. The van der Waals surface area contributed by atoms with Gasteiger partial charge in [0.1, 0.15) is 0 Å². The SMILES string of the molecule is CS(=O)(=O)N1CCCc2cc(C(=O)NCc3ccc4c(c3)CNC4)ccc21.Cl. The Morgan fingerprint density at radius 2 is 1.89 bits per heavy atom. The van der Waals surface area contributed by atoms with Crippen LogP contribution in [0.15, 0.2) is 36.4 Å². The van der Waals surface area contributed by atoms with Crippen LogP contribution < -0.4 is 14.9 Å². The Bertz CT molecular complexity index is 1010. The van der Waals surface area contributed by atoms with Gasteiger partial charge in [-0.2, -0.15) is 0 Å². The highest BCUT2D eigenvalue weighted by Crippen LogP contribution is 2.29. The minimum atomic E-state index is -3.30. The Hall–Kier alpha value is -2.09. The first-order chi connectivity index (χ1) is 12.9. The number of carbonyl (C=O) groups is 1. The molecule has 8 heteroatoms. The molecule has 0 unspecified atom stereocenters. The predicted octanol–water partition coefficient (Wildman–Crippen LogP) is 2.35. The van der Waals surface area contributed by atoms with Crippen LogP contribution in [0.25, 0.3) is 0 Å². The van der Waals surface area contributed by atoms with Crippen LogP contribution in [-0.2, 0) is 36.1 Å². The zero-order valence-electron chi connectivity index (χ0n) is 15.7. The van der Waals surface area contributed by atoms with Crippen molar-refractivity contribution in [1.29, 1.82) is 0 Å². The lowest BCUT2D eigenvalue weighted by molar-refractivity contribution is 0.0951. The van der Waals surface area contributed by atoms with Crippen molar-refractivity contribution in [3.63, 3.8) is 0 Å². The van der Waals surface area contributed by atoms with Gasteiger partial charge in [-0.25, -0.2) is 8.42 Å². The molecule has 0 atom stereocenters. The van der Waals surface area contributed by atoms with Crippen molar-refractivity contribution in [1.82, 2.24) is 10.6 Å². The Morgan fingerprint density at radius 3 is 2.68 bits per heavy atom. The molecule has 0 saturated carbocycles. The van der Waals surface area contributed by atoms with Gasteiger partial charge in [0.2, 0.25) is 10.0 Å². The first-order valence-corrected chi connectivity index (χ1v) is 11.0. The van der Waals surface area contributed by atoms with Crippen molar-refractivity contribution in [2.45, 2.75) is 32.5 Å². The molecule has 4 rings (SSSR count). The number of sulfonamides is 1. The van der Waals surface area contributed by atoms with Crippen LogP contribution >= 0.6 is 12.4 Å². The van der Waals surface area contributed by atoms with Gasteiger partial charge < -0.3 is 10.6 Å². The zero-order valence-corrected chi connectivity index (χ0v) is 17.3. The number of hydrogen-bond donors (Lipinski definition) is 2. The van der Waals surface area contributed by atoms with Crippen LogP contribution in [0, 0.1) is 0 Å². The standard InChI is InChI=1S/C20H23N3O3S.ClH/c1-27(25,26)23-8-2-3-15-10-16(6-7-19(15)23)20(24)22-11-14-4-5-17-12-21-13-18(17)9-14;/h4-7,9-10,21H,2-3,8,11-13H2,1H3,(H,22,24);1H. The second-order valence-corrected chi connectivity index (χ2v) is 9.08. The van der Waals surface area contributed by atoms with Crippen LogP contribution in [0.1, 0.15) is 39.0 Å². The number of amides is 1. The van der Waals surface area contributed by atoms with E-state index in [0.717, 1.165) is 37.1 Å². The third kappa shape index (κ3) is 4.16. The topological polar surface area (TPSA) is 78.5 Å². The maximum atomic E-state index is 12.6. The third-order valence-corrected chi connectivity index (χ3v) is 6.35. The summed E-state index contributed by atoms with van der Waals surface area (Å²) >= 11 is 0. The molecular weight excluding hydrogens is 398 g/mol. The third-order valence-electron chi connectivity index (χ3n) is 5.17. The molecule has 1 amide bonds. The number of halogens is 1. The molecule has 0 saturated heterocycles. The fraction of sp³-hybridized carbons (Fsp3) is 0.350. The molecule has 2 N–H and O–H groups in total. The Labute approximate surface area is 171 Å². The van der Waals surface area contributed by atoms with Crippen molar-refractivity contribution < 1.29 is 13.2 Å². The highest BCUT2D eigenvalue weighted by atomic mass is 35.5. The quantitative estimate of drug-likeness (QED) is 0.794. The van der Waals surface area contributed by atoms with Crippen molar-refractivity contribution in [3.05, 3.63) is 64.2 Å². The fourth-order valence-corrected chi connectivity index (χ4v) is 4.79. The van der Waals surface area contributed by atoms with E-state index in [2.05, 4.69) is 22.8 Å². The van der Waals surface area contributed by atoms with Gasteiger partial charge in [0, 0.05) is 31.7 Å². The van der Waals surface area contributed by atoms with E-state index in [1.807, 2.05) is 12.1 Å². The van der Waals surface area contributed by atoms with Gasteiger partial charge in [0.25, 0.3) is 5.91 Å². The number of nitrogens with one attached hydrogen (secondary N) is 2. The number of nitrogens with zero attached hydrogens (tertiary/aromatic N) is 1. The first kappa shape index (κ1) is 20.6. The van der Waals surface area contributed by atoms with E-state index in [1.165, 1.54) is 21.7 Å². The lowest BCUT2D eigenvalue weighted by Gasteiger charge is -2.29. The predicted molar refractivity (Wildman–Crippen MR) is 112 cm³/mol. The molecular formula is C20H24ClN3O3S. The Morgan fingerprint density at radius 1 is 1.11 bits per heavy atom. The van der Waals surface area contributed by atoms with Crippen LogP contribution in [-0.4, -0.2) is 27.1 Å². The largest absolute Gasteiger partial charge is 0.348 e. The molecule has 0 fully saturated rings. The van der Waals surface area contributed by atoms with E-state index < -0.39 is 10.0 Å². The lowest BCUT2D eigenvalue weighted by atomic mass is 10.0. The summed E-state index contributed by atoms with van der Waals surface area (Å²) in [6.07, 6.45) is 2.75. The molecule has 2 aromatic rings. The molecule has 0 spiro atoms. The Balaban J connectivity index is 0.00000225. The number of hydrogen-bond acceptors (Lipinski definition) is 4. The molecule has 2 heterocycles. The number of anilines is 1. The summed E-state index contributed by atoms with van der Waals surface area (Å²) in [5, 5.41) is 6.28. The summed E-state index contributed by atoms with van der Waals surface area (Å²) in [6.45, 7) is 2.74. The smallest absolute Gasteiger partial charge is 0.251 e. The number of rotatable bonds is 4. The molecule has 0 radical (unpaired) electrons. The molecule has 0 aliphatic carbocycles. The maximum Gasteiger partial charge on any atom is 0.251 e. The molecule has 2 aliphatic heterocycles. The molecule has 28 heavy (non-hydrogen) atoms. The summed E-state index contributed by atoms with van der Waals surface area (Å²) in [4.78, 5) is 12.6. The van der Waals surface area contributed by atoms with E-state index in [0.29, 0.717) is 24.3 Å². The minimum Gasteiger partial charge on any atom is -0.348 e. The summed E-state index contributed by atoms with van der Waals surface area (Å²) in [6, 6.07) is 11.5. The first-order valence-electron chi connectivity index (χ1n) is 9.12. The number of carbonyl (C=O) groups excluding carboxylic acids is 1. The van der Waals surface area contributed by atoms with E-state index in [-0.39, 0.29) is 18.3 Å². The van der Waals surface area contributed by atoms with E-state index in [9.17, 15) is 13.2 Å². The van der Waals surface area contributed by atoms with Gasteiger partial charge in [-0.1, -0.05) is 18.2 Å². The van der Waals surface area contributed by atoms with Crippen molar-refractivity contribution >= 4 is 34.0 Å². The fourth-order valence-electron chi connectivity index (χ4n) is 3.79. The summed E-state index contributed by atoms with van der Waals surface area (Å²) in [7, 11) is -3.30. The second-order valence-electron chi connectivity index (χ2n) is 7.17. The molecule has 2 aromatic carbocycles. The van der Waals surface area contributed by atoms with Crippen LogP contribution in [0.3, 0.4) is 0 Å². The van der Waals surface area contributed by atoms with Gasteiger partial charge in [-0.3, -0.25) is 9.10 Å². The molecule has 150 valence electrons. The summed E-state index contributed by atoms with van der Waals surface area (Å²) < 4.78 is 25.3. The molecule has 2 aliphatic rings. The van der Waals surface area contributed by atoms with E-state index >= 15 is 0 Å². The summed E-state index contributed by atoms with van der Waals surface area (Å²) in [5.74, 6) is -0.145. The molecule has 6 nitrogen and oxygen atoms in total. The maximum absolute atomic E-state index is 12.6. The average Bonchev–Trinajstić information content (AvgIpc) is 3.12. The van der Waals surface area contributed by atoms with Crippen LogP contribution in [0.2, 0.25) is 0 Å². The lowest BCUT2D eigenvalue weighted by Crippen LogP contribution is -2.34. The van der Waals surface area contributed by atoms with Gasteiger partial charge in [-0.05, 0) is 53.3 Å². The van der Waals surface area contributed by atoms with Crippen molar-refractivity contribution in [3.8, 4) is 0 Å². The Kier molecular flexibility index (Phi) is 5.98. The van der Waals surface area contributed by atoms with Crippen LogP contribution in [0.5, 0.6) is 0 Å². The van der Waals surface area contributed by atoms with Crippen molar-refractivity contribution in [2.75, 3.05) is 17.1 Å². The molecule has 0 bridgehead atoms. The number of fused-ring (bicyclic) bond motifs is 2. The normalized spacial score (nSPS) is 15.4. The monoisotopic (exact) mass is 421 g/mol. The van der Waals surface area contributed by atoms with Gasteiger partial charge >= 0.3 is 0 Å². The minimum absolute atomic E-state index is 0. The highest BCUT2D eigenvalue weighted by Gasteiger charge is 2.24.